The van der Waals surface area contributed by atoms with Crippen LogP contribution in [0.15, 0.2) is 18.2 Å². The maximum absolute atomic E-state index is 12.3. The van der Waals surface area contributed by atoms with E-state index in [2.05, 4.69) is 26.1 Å². The highest BCUT2D eigenvalue weighted by Gasteiger charge is 2.14. The largest absolute Gasteiger partial charge is 0.352 e. The van der Waals surface area contributed by atoms with Crippen LogP contribution in [0.25, 0.3) is 0 Å². The first-order chi connectivity index (χ1) is 11.1. The number of carbonyl (C=O) groups excluding carboxylic acids is 1. The summed E-state index contributed by atoms with van der Waals surface area (Å²) in [5.41, 5.74) is 2.94. The fraction of sp³-hybridized carbons (Fsp3) is 0.500. The molecule has 0 fully saturated rings. The molecule has 0 spiro atoms. The molecule has 0 atom stereocenters. The summed E-state index contributed by atoms with van der Waals surface area (Å²) < 4.78 is 2.23. The summed E-state index contributed by atoms with van der Waals surface area (Å²) in [4.78, 5) is 12.3. The van der Waals surface area contributed by atoms with Crippen molar-refractivity contribution in [2.24, 2.45) is 0 Å². The molecule has 2 heterocycles. The fourth-order valence-electron chi connectivity index (χ4n) is 3.23. The molecule has 0 unspecified atom stereocenters. The van der Waals surface area contributed by atoms with Gasteiger partial charge in [0.05, 0.1) is 0 Å². The molecule has 1 N–H and O–H groups in total. The second-order valence-electron chi connectivity index (χ2n) is 6.38. The number of nitrogens with zero attached hydrogens (tertiary/aromatic N) is 3. The molecule has 1 aromatic carbocycles. The van der Waals surface area contributed by atoms with Gasteiger partial charge in [-0.2, -0.15) is 0 Å². The van der Waals surface area contributed by atoms with E-state index in [4.69, 9.17) is 0 Å². The van der Waals surface area contributed by atoms with Gasteiger partial charge in [-0.15, -0.1) is 10.2 Å². The van der Waals surface area contributed by atoms with Crippen LogP contribution >= 0.6 is 0 Å². The van der Waals surface area contributed by atoms with E-state index in [1.165, 1.54) is 19.3 Å². The number of fused-ring (bicyclic) bond motifs is 1. The molecule has 0 aliphatic carbocycles. The minimum atomic E-state index is -0.0209. The second kappa shape index (κ2) is 6.94. The lowest BCUT2D eigenvalue weighted by molar-refractivity contribution is 0.0953. The van der Waals surface area contributed by atoms with E-state index in [1.54, 1.807) is 0 Å². The van der Waals surface area contributed by atoms with Crippen LogP contribution in [0.2, 0.25) is 0 Å². The quantitative estimate of drug-likeness (QED) is 0.944. The number of amides is 1. The summed E-state index contributed by atoms with van der Waals surface area (Å²) in [6, 6.07) is 5.92. The summed E-state index contributed by atoms with van der Waals surface area (Å²) in [5.74, 6) is 2.06. The lowest BCUT2D eigenvalue weighted by Gasteiger charge is -2.09. The number of benzene rings is 1. The Labute approximate surface area is 137 Å². The highest BCUT2D eigenvalue weighted by atomic mass is 16.1. The first-order valence-electron chi connectivity index (χ1n) is 8.41. The lowest BCUT2D eigenvalue weighted by atomic mass is 10.1. The molecule has 5 heteroatoms. The van der Waals surface area contributed by atoms with Gasteiger partial charge in [0, 0.05) is 31.5 Å². The number of nitrogens with one attached hydrogen (secondary N) is 1. The number of hydrogen-bond donors (Lipinski definition) is 1. The molecule has 0 saturated carbocycles. The molecule has 1 amide bonds. The van der Waals surface area contributed by atoms with Crippen LogP contribution in [-0.2, 0) is 19.4 Å². The molecule has 3 rings (SSSR count). The standard InChI is InChI=1S/C18H24N4O/c1-13-10-14(2)12-15(11-13)18(23)19-8-7-17-21-20-16-6-4-3-5-9-22(16)17/h10-12H,3-9H2,1-2H3,(H,19,23). The molecule has 122 valence electrons. The highest BCUT2D eigenvalue weighted by Crippen LogP contribution is 2.14. The minimum absolute atomic E-state index is 0.0209. The smallest absolute Gasteiger partial charge is 0.251 e. The van der Waals surface area contributed by atoms with Crippen molar-refractivity contribution >= 4 is 5.91 Å². The number of aromatic nitrogens is 3. The molecule has 23 heavy (non-hydrogen) atoms. The SMILES string of the molecule is Cc1cc(C)cc(C(=O)NCCc2nnc3n2CCCCC3)c1. The Morgan fingerprint density at radius 1 is 1.13 bits per heavy atom. The third-order valence-electron chi connectivity index (χ3n) is 4.30. The normalized spacial score (nSPS) is 14.2. The predicted octanol–water partition coefficient (Wildman–Crippen LogP) is 2.59. The summed E-state index contributed by atoms with van der Waals surface area (Å²) in [5, 5.41) is 11.6. The van der Waals surface area contributed by atoms with Gasteiger partial charge in [-0.1, -0.05) is 23.6 Å². The first kappa shape index (κ1) is 15.7. The van der Waals surface area contributed by atoms with Crippen molar-refractivity contribution in [2.75, 3.05) is 6.54 Å². The number of carbonyl (C=O) groups is 1. The molecule has 0 radical (unpaired) electrons. The Morgan fingerprint density at radius 3 is 2.70 bits per heavy atom. The number of rotatable bonds is 4. The van der Waals surface area contributed by atoms with Crippen molar-refractivity contribution in [1.29, 1.82) is 0 Å². The molecular weight excluding hydrogens is 288 g/mol. The van der Waals surface area contributed by atoms with E-state index in [0.717, 1.165) is 47.7 Å². The van der Waals surface area contributed by atoms with Gasteiger partial charge in [-0.3, -0.25) is 4.79 Å². The van der Waals surface area contributed by atoms with Crippen molar-refractivity contribution in [3.63, 3.8) is 0 Å². The van der Waals surface area contributed by atoms with Crippen molar-refractivity contribution in [3.05, 3.63) is 46.5 Å². The first-order valence-corrected chi connectivity index (χ1v) is 8.41. The Kier molecular flexibility index (Phi) is 4.74. The van der Waals surface area contributed by atoms with Crippen LogP contribution in [0, 0.1) is 13.8 Å². The van der Waals surface area contributed by atoms with Gasteiger partial charge in [-0.05, 0) is 38.8 Å². The van der Waals surface area contributed by atoms with Gasteiger partial charge in [-0.25, -0.2) is 0 Å². The third kappa shape index (κ3) is 3.78. The highest BCUT2D eigenvalue weighted by molar-refractivity contribution is 5.94. The Balaban J connectivity index is 1.59. The molecule has 1 aromatic heterocycles. The number of aryl methyl sites for hydroxylation is 3. The van der Waals surface area contributed by atoms with Crippen LogP contribution in [0.1, 0.15) is 52.4 Å². The average Bonchev–Trinajstić information content (AvgIpc) is 2.74. The topological polar surface area (TPSA) is 59.8 Å². The zero-order valence-corrected chi connectivity index (χ0v) is 13.9. The van der Waals surface area contributed by atoms with E-state index < -0.39 is 0 Å². The molecule has 0 saturated heterocycles. The van der Waals surface area contributed by atoms with Crippen molar-refractivity contribution in [3.8, 4) is 0 Å². The van der Waals surface area contributed by atoms with Gasteiger partial charge in [0.25, 0.3) is 5.91 Å². The Hall–Kier alpha value is -2.17. The maximum Gasteiger partial charge on any atom is 0.251 e. The molecule has 5 nitrogen and oxygen atoms in total. The summed E-state index contributed by atoms with van der Waals surface area (Å²) in [7, 11) is 0. The minimum Gasteiger partial charge on any atom is -0.352 e. The lowest BCUT2D eigenvalue weighted by Crippen LogP contribution is -2.26. The summed E-state index contributed by atoms with van der Waals surface area (Å²) >= 11 is 0. The number of hydrogen-bond acceptors (Lipinski definition) is 3. The predicted molar refractivity (Wildman–Crippen MR) is 89.5 cm³/mol. The van der Waals surface area contributed by atoms with Crippen LogP contribution in [-0.4, -0.2) is 27.2 Å². The van der Waals surface area contributed by atoms with E-state index in [-0.39, 0.29) is 5.91 Å². The molecule has 0 bridgehead atoms. The third-order valence-corrected chi connectivity index (χ3v) is 4.30. The van der Waals surface area contributed by atoms with E-state index in [9.17, 15) is 4.79 Å². The van der Waals surface area contributed by atoms with E-state index in [0.29, 0.717) is 6.54 Å². The van der Waals surface area contributed by atoms with Gasteiger partial charge in [0.1, 0.15) is 11.6 Å². The summed E-state index contributed by atoms with van der Waals surface area (Å²) in [6.45, 7) is 5.61. The zero-order chi connectivity index (χ0) is 16.2. The Morgan fingerprint density at radius 2 is 1.91 bits per heavy atom. The molecule has 2 aromatic rings. The molecule has 1 aliphatic rings. The molecular formula is C18H24N4O. The summed E-state index contributed by atoms with van der Waals surface area (Å²) in [6.07, 6.45) is 5.38. The zero-order valence-electron chi connectivity index (χ0n) is 13.9. The maximum atomic E-state index is 12.3. The van der Waals surface area contributed by atoms with Crippen LogP contribution < -0.4 is 5.32 Å². The Bertz CT molecular complexity index is 685. The van der Waals surface area contributed by atoms with Crippen LogP contribution in [0.5, 0.6) is 0 Å². The molecule has 1 aliphatic heterocycles. The van der Waals surface area contributed by atoms with Gasteiger partial charge >= 0.3 is 0 Å². The van der Waals surface area contributed by atoms with Crippen LogP contribution in [0.3, 0.4) is 0 Å². The van der Waals surface area contributed by atoms with Gasteiger partial charge in [0.15, 0.2) is 0 Å². The van der Waals surface area contributed by atoms with Crippen molar-refractivity contribution < 1.29 is 4.79 Å². The average molecular weight is 312 g/mol. The second-order valence-corrected chi connectivity index (χ2v) is 6.38. The van der Waals surface area contributed by atoms with Gasteiger partial charge < -0.3 is 9.88 Å². The van der Waals surface area contributed by atoms with E-state index >= 15 is 0 Å². The van der Waals surface area contributed by atoms with Crippen molar-refractivity contribution in [2.45, 2.75) is 52.5 Å². The van der Waals surface area contributed by atoms with Gasteiger partial charge in [0.2, 0.25) is 0 Å². The fourth-order valence-corrected chi connectivity index (χ4v) is 3.23. The van der Waals surface area contributed by atoms with Crippen LogP contribution in [0.4, 0.5) is 0 Å². The van der Waals surface area contributed by atoms with Crippen molar-refractivity contribution in [1.82, 2.24) is 20.1 Å². The van der Waals surface area contributed by atoms with E-state index in [1.807, 2.05) is 26.0 Å². The monoisotopic (exact) mass is 312 g/mol.